The first-order valence-electron chi connectivity index (χ1n) is 8.66. The van der Waals surface area contributed by atoms with Gasteiger partial charge in [-0.2, -0.15) is 5.10 Å². The van der Waals surface area contributed by atoms with Crippen molar-refractivity contribution in [3.8, 4) is 17.0 Å². The molecule has 2 heterocycles. The van der Waals surface area contributed by atoms with Gasteiger partial charge in [-0.15, -0.1) is 10.2 Å². The van der Waals surface area contributed by atoms with E-state index < -0.39 is 0 Å². The van der Waals surface area contributed by atoms with Gasteiger partial charge in [0.25, 0.3) is 5.56 Å². The van der Waals surface area contributed by atoms with Crippen molar-refractivity contribution in [2.75, 3.05) is 17.7 Å². The maximum absolute atomic E-state index is 12.3. The van der Waals surface area contributed by atoms with E-state index in [4.69, 9.17) is 4.74 Å². The molecule has 1 aromatic carbocycles. The minimum atomic E-state index is -0.386. The van der Waals surface area contributed by atoms with Gasteiger partial charge in [0.2, 0.25) is 11.0 Å². The topological polar surface area (TPSA) is 99.0 Å². The van der Waals surface area contributed by atoms with E-state index in [-0.39, 0.29) is 18.0 Å². The van der Waals surface area contributed by atoms with Crippen LogP contribution in [0.5, 0.6) is 5.75 Å². The lowest BCUT2D eigenvalue weighted by atomic mass is 10.1. The molecule has 0 atom stereocenters. The quantitative estimate of drug-likeness (QED) is 0.444. The summed E-state index contributed by atoms with van der Waals surface area (Å²) >= 11 is 2.85. The summed E-state index contributed by atoms with van der Waals surface area (Å²) in [7, 11) is 0. The van der Waals surface area contributed by atoms with E-state index in [1.807, 2.05) is 38.1 Å². The first-order valence-corrected chi connectivity index (χ1v) is 10.5. The lowest BCUT2D eigenvalue weighted by Gasteiger charge is -2.08. The second kappa shape index (κ2) is 9.47. The maximum Gasteiger partial charge on any atom is 0.267 e. The zero-order valence-electron chi connectivity index (χ0n) is 15.4. The van der Waals surface area contributed by atoms with Crippen LogP contribution in [-0.2, 0) is 11.3 Å². The summed E-state index contributed by atoms with van der Waals surface area (Å²) in [5.74, 6) is 1.25. The lowest BCUT2D eigenvalue weighted by molar-refractivity contribution is -0.117. The van der Waals surface area contributed by atoms with Crippen LogP contribution in [0, 0.1) is 0 Å². The highest BCUT2D eigenvalue weighted by Crippen LogP contribution is 2.25. The van der Waals surface area contributed by atoms with Crippen molar-refractivity contribution in [1.82, 2.24) is 20.0 Å². The molecule has 0 bridgehead atoms. The molecule has 0 saturated carbocycles. The number of thioether (sulfide) groups is 1. The molecule has 0 radical (unpaired) electrons. The molecular formula is C18H19N5O3S2. The van der Waals surface area contributed by atoms with E-state index in [9.17, 15) is 9.59 Å². The predicted octanol–water partition coefficient (Wildman–Crippen LogP) is 2.91. The number of amides is 1. The number of nitrogens with zero attached hydrogens (tertiary/aromatic N) is 4. The summed E-state index contributed by atoms with van der Waals surface area (Å²) in [6.07, 6.45) is 0. The molecule has 1 N–H and O–H groups in total. The summed E-state index contributed by atoms with van der Waals surface area (Å²) in [6, 6.07) is 10.4. The molecule has 0 fully saturated rings. The highest BCUT2D eigenvalue weighted by Gasteiger charge is 2.11. The fraction of sp³-hybridized carbons (Fsp3) is 0.278. The van der Waals surface area contributed by atoms with Crippen LogP contribution in [0.15, 0.2) is 45.5 Å². The Morgan fingerprint density at radius 3 is 2.68 bits per heavy atom. The Morgan fingerprint density at radius 1 is 1.18 bits per heavy atom. The Labute approximate surface area is 170 Å². The highest BCUT2D eigenvalue weighted by molar-refractivity contribution is 8.01. The molecule has 3 aromatic rings. The summed E-state index contributed by atoms with van der Waals surface area (Å²) in [6.45, 7) is 4.31. The van der Waals surface area contributed by atoms with E-state index in [1.165, 1.54) is 17.4 Å². The van der Waals surface area contributed by atoms with E-state index in [0.29, 0.717) is 17.4 Å². The molecule has 10 heteroatoms. The molecule has 0 aliphatic carbocycles. The monoisotopic (exact) mass is 417 g/mol. The number of hydrogen-bond donors (Lipinski definition) is 1. The molecule has 8 nitrogen and oxygen atoms in total. The van der Waals surface area contributed by atoms with E-state index in [1.54, 1.807) is 17.8 Å². The predicted molar refractivity (Wildman–Crippen MR) is 110 cm³/mol. The molecule has 0 unspecified atom stereocenters. The lowest BCUT2D eigenvalue weighted by Crippen LogP contribution is -2.29. The number of carbonyl (C=O) groups excluding carboxylic acids is 1. The molecule has 28 heavy (non-hydrogen) atoms. The van der Waals surface area contributed by atoms with Crippen LogP contribution in [0.1, 0.15) is 13.8 Å². The Kier molecular flexibility index (Phi) is 6.77. The second-order valence-electron chi connectivity index (χ2n) is 5.53. The van der Waals surface area contributed by atoms with Crippen molar-refractivity contribution >= 4 is 34.1 Å². The highest BCUT2D eigenvalue weighted by atomic mass is 32.2. The van der Waals surface area contributed by atoms with Gasteiger partial charge >= 0.3 is 0 Å². The van der Waals surface area contributed by atoms with Gasteiger partial charge in [0.05, 0.1) is 12.3 Å². The number of aromatic nitrogens is 4. The third-order valence-electron chi connectivity index (χ3n) is 3.54. The van der Waals surface area contributed by atoms with Gasteiger partial charge in [0, 0.05) is 11.6 Å². The molecule has 0 aliphatic heterocycles. The van der Waals surface area contributed by atoms with Crippen molar-refractivity contribution in [3.63, 3.8) is 0 Å². The van der Waals surface area contributed by atoms with Crippen LogP contribution in [0.2, 0.25) is 0 Å². The van der Waals surface area contributed by atoms with Crippen LogP contribution >= 0.6 is 23.1 Å². The summed E-state index contributed by atoms with van der Waals surface area (Å²) in [5, 5.41) is 15.3. The minimum absolute atomic E-state index is 0.209. The van der Waals surface area contributed by atoms with Crippen molar-refractivity contribution in [2.45, 2.75) is 24.7 Å². The van der Waals surface area contributed by atoms with Crippen LogP contribution in [-0.4, -0.2) is 38.2 Å². The van der Waals surface area contributed by atoms with Crippen molar-refractivity contribution < 1.29 is 9.53 Å². The zero-order chi connectivity index (χ0) is 19.9. The van der Waals surface area contributed by atoms with Crippen molar-refractivity contribution in [1.29, 1.82) is 0 Å². The Bertz CT molecular complexity index is 1000. The maximum atomic E-state index is 12.3. The number of rotatable bonds is 8. The second-order valence-corrected chi connectivity index (χ2v) is 8.01. The van der Waals surface area contributed by atoms with Gasteiger partial charge in [-0.1, -0.05) is 30.0 Å². The molecule has 3 rings (SSSR count). The third kappa shape index (κ3) is 5.17. The van der Waals surface area contributed by atoms with Gasteiger partial charge in [-0.3, -0.25) is 14.9 Å². The molecular weight excluding hydrogens is 398 g/mol. The average molecular weight is 418 g/mol. The number of nitrogens with one attached hydrogen (secondary N) is 1. The van der Waals surface area contributed by atoms with E-state index in [0.717, 1.165) is 26.1 Å². The first kappa shape index (κ1) is 20.0. The Hall–Kier alpha value is -2.72. The largest absolute Gasteiger partial charge is 0.494 e. The average Bonchev–Trinajstić information content (AvgIpc) is 3.11. The fourth-order valence-electron chi connectivity index (χ4n) is 2.34. The number of anilines is 1. The number of benzene rings is 1. The van der Waals surface area contributed by atoms with Crippen molar-refractivity contribution in [3.05, 3.63) is 46.8 Å². The molecule has 0 spiro atoms. The standard InChI is InChI=1S/C18H19N5O3S2/c1-3-26-13-7-5-12(6-8-13)14-9-10-16(25)23(22-14)11-15(24)19-17-20-21-18(28-17)27-4-2/h5-10H,3-4,11H2,1-2H3,(H,19,20,24). The summed E-state index contributed by atoms with van der Waals surface area (Å²) in [5.41, 5.74) is 1.06. The molecule has 146 valence electrons. The Morgan fingerprint density at radius 2 is 1.96 bits per heavy atom. The number of hydrogen-bond acceptors (Lipinski definition) is 8. The normalized spacial score (nSPS) is 10.6. The van der Waals surface area contributed by atoms with E-state index >= 15 is 0 Å². The van der Waals surface area contributed by atoms with Gasteiger partial charge in [-0.05, 0) is 43.0 Å². The Balaban J connectivity index is 1.71. The van der Waals surface area contributed by atoms with Gasteiger partial charge in [0.15, 0.2) is 4.34 Å². The molecule has 1 amide bonds. The minimum Gasteiger partial charge on any atom is -0.494 e. The first-order chi connectivity index (χ1) is 13.6. The fourth-order valence-corrected chi connectivity index (χ4v) is 4.01. The molecule has 0 aliphatic rings. The molecule has 2 aromatic heterocycles. The summed E-state index contributed by atoms with van der Waals surface area (Å²) < 4.78 is 7.34. The molecule has 0 saturated heterocycles. The number of ether oxygens (including phenoxy) is 1. The van der Waals surface area contributed by atoms with Crippen LogP contribution in [0.3, 0.4) is 0 Å². The van der Waals surface area contributed by atoms with Gasteiger partial charge < -0.3 is 4.74 Å². The summed E-state index contributed by atoms with van der Waals surface area (Å²) in [4.78, 5) is 24.4. The van der Waals surface area contributed by atoms with Crippen molar-refractivity contribution in [2.24, 2.45) is 0 Å². The smallest absolute Gasteiger partial charge is 0.267 e. The number of carbonyl (C=O) groups is 1. The third-order valence-corrected chi connectivity index (χ3v) is 5.40. The van der Waals surface area contributed by atoms with E-state index in [2.05, 4.69) is 20.6 Å². The van der Waals surface area contributed by atoms with Gasteiger partial charge in [-0.25, -0.2) is 4.68 Å². The zero-order valence-corrected chi connectivity index (χ0v) is 17.0. The SMILES string of the molecule is CCOc1ccc(-c2ccc(=O)n(CC(=O)Nc3nnc(SCC)s3)n2)cc1. The van der Waals surface area contributed by atoms with Crippen LogP contribution in [0.25, 0.3) is 11.3 Å². The van der Waals surface area contributed by atoms with Crippen LogP contribution < -0.4 is 15.6 Å². The van der Waals surface area contributed by atoms with Crippen LogP contribution in [0.4, 0.5) is 5.13 Å². The van der Waals surface area contributed by atoms with Gasteiger partial charge in [0.1, 0.15) is 12.3 Å².